The van der Waals surface area contributed by atoms with Crippen LogP contribution in [0.5, 0.6) is 0 Å². The number of aromatic nitrogens is 3. The van der Waals surface area contributed by atoms with Crippen LogP contribution in [0.25, 0.3) is 0 Å². The SMILES string of the molecule is CC(C)c1nc(C(=O)Nc2ccc(C(N)=O)c(Cl)c2)n[nH]1. The van der Waals surface area contributed by atoms with Crippen LogP contribution in [0.1, 0.15) is 46.6 Å². The average Bonchev–Trinajstić information content (AvgIpc) is 2.88. The van der Waals surface area contributed by atoms with Crippen LogP contribution in [-0.4, -0.2) is 27.0 Å². The molecule has 7 nitrogen and oxygen atoms in total. The number of benzene rings is 1. The second kappa shape index (κ2) is 5.92. The Hall–Kier alpha value is -2.41. The Balaban J connectivity index is 2.15. The van der Waals surface area contributed by atoms with E-state index in [1.165, 1.54) is 18.2 Å². The highest BCUT2D eigenvalue weighted by atomic mass is 35.5. The molecule has 2 amide bonds. The lowest BCUT2D eigenvalue weighted by Crippen LogP contribution is -2.15. The van der Waals surface area contributed by atoms with Gasteiger partial charge in [-0.2, -0.15) is 0 Å². The van der Waals surface area contributed by atoms with E-state index < -0.39 is 11.8 Å². The molecule has 110 valence electrons. The van der Waals surface area contributed by atoms with Crippen LogP contribution in [0.15, 0.2) is 18.2 Å². The van der Waals surface area contributed by atoms with E-state index >= 15 is 0 Å². The number of amides is 2. The monoisotopic (exact) mass is 307 g/mol. The number of anilines is 1. The van der Waals surface area contributed by atoms with Crippen LogP contribution >= 0.6 is 11.6 Å². The first-order valence-corrected chi connectivity index (χ1v) is 6.59. The number of hydrogen-bond acceptors (Lipinski definition) is 4. The Kier molecular flexibility index (Phi) is 4.23. The van der Waals surface area contributed by atoms with Gasteiger partial charge in [-0.05, 0) is 18.2 Å². The summed E-state index contributed by atoms with van der Waals surface area (Å²) in [5, 5.41) is 9.31. The van der Waals surface area contributed by atoms with Gasteiger partial charge in [-0.1, -0.05) is 25.4 Å². The summed E-state index contributed by atoms with van der Waals surface area (Å²) in [6.45, 7) is 3.87. The number of nitrogens with one attached hydrogen (secondary N) is 2. The highest BCUT2D eigenvalue weighted by molar-refractivity contribution is 6.34. The van der Waals surface area contributed by atoms with Gasteiger partial charge < -0.3 is 11.1 Å². The molecular formula is C13H14ClN5O2. The number of primary amides is 1. The quantitative estimate of drug-likeness (QED) is 0.800. The number of aromatic amines is 1. The van der Waals surface area contributed by atoms with Crippen LogP contribution in [0, 0.1) is 0 Å². The van der Waals surface area contributed by atoms with Gasteiger partial charge in [-0.25, -0.2) is 4.98 Å². The Bertz CT molecular complexity index is 696. The number of carbonyl (C=O) groups is 2. The molecule has 1 heterocycles. The number of H-pyrrole nitrogens is 1. The maximum atomic E-state index is 12.0. The van der Waals surface area contributed by atoms with Crippen molar-refractivity contribution in [2.24, 2.45) is 5.73 Å². The standard InChI is InChI=1S/C13H14ClN5O2/c1-6(2)11-17-12(19-18-11)13(21)16-7-3-4-8(10(15)20)9(14)5-7/h3-6H,1-2H3,(H2,15,20)(H,16,21)(H,17,18,19). The van der Waals surface area contributed by atoms with Crippen molar-refractivity contribution in [2.75, 3.05) is 5.32 Å². The lowest BCUT2D eigenvalue weighted by Gasteiger charge is -2.05. The molecule has 0 aliphatic heterocycles. The lowest BCUT2D eigenvalue weighted by atomic mass is 10.2. The van der Waals surface area contributed by atoms with Crippen molar-refractivity contribution in [2.45, 2.75) is 19.8 Å². The molecule has 21 heavy (non-hydrogen) atoms. The molecule has 0 unspecified atom stereocenters. The number of halogens is 1. The summed E-state index contributed by atoms with van der Waals surface area (Å²) >= 11 is 5.91. The first kappa shape index (κ1) is 15.0. The summed E-state index contributed by atoms with van der Waals surface area (Å²) in [4.78, 5) is 27.1. The largest absolute Gasteiger partial charge is 0.366 e. The maximum absolute atomic E-state index is 12.0. The van der Waals surface area contributed by atoms with Crippen molar-refractivity contribution in [1.82, 2.24) is 15.2 Å². The van der Waals surface area contributed by atoms with Crippen LogP contribution in [0.4, 0.5) is 5.69 Å². The van der Waals surface area contributed by atoms with Crippen LogP contribution in [-0.2, 0) is 0 Å². The average molecular weight is 308 g/mol. The first-order chi connectivity index (χ1) is 9.88. The number of carbonyl (C=O) groups excluding carboxylic acids is 2. The van der Waals surface area contributed by atoms with Crippen molar-refractivity contribution >= 4 is 29.1 Å². The van der Waals surface area contributed by atoms with Gasteiger partial charge >= 0.3 is 0 Å². The molecule has 2 rings (SSSR count). The van der Waals surface area contributed by atoms with Crippen molar-refractivity contribution < 1.29 is 9.59 Å². The van der Waals surface area contributed by atoms with Crippen LogP contribution < -0.4 is 11.1 Å². The summed E-state index contributed by atoms with van der Waals surface area (Å²) in [5.74, 6) is -0.297. The zero-order valence-corrected chi connectivity index (χ0v) is 12.2. The first-order valence-electron chi connectivity index (χ1n) is 6.21. The molecule has 0 spiro atoms. The van der Waals surface area contributed by atoms with Crippen molar-refractivity contribution in [3.05, 3.63) is 40.4 Å². The fourth-order valence-corrected chi connectivity index (χ4v) is 1.89. The van der Waals surface area contributed by atoms with Gasteiger partial charge in [0, 0.05) is 11.6 Å². The van der Waals surface area contributed by atoms with Crippen LogP contribution in [0.2, 0.25) is 5.02 Å². The molecule has 0 atom stereocenters. The second-order valence-electron chi connectivity index (χ2n) is 4.71. The molecule has 4 N–H and O–H groups in total. The molecule has 1 aromatic carbocycles. The molecule has 0 bridgehead atoms. The van der Waals surface area contributed by atoms with Crippen molar-refractivity contribution in [3.8, 4) is 0 Å². The molecule has 0 saturated carbocycles. The van der Waals surface area contributed by atoms with E-state index in [2.05, 4.69) is 20.5 Å². The number of rotatable bonds is 4. The van der Waals surface area contributed by atoms with Gasteiger partial charge in [-0.15, -0.1) is 5.10 Å². The predicted molar refractivity (Wildman–Crippen MR) is 78.4 cm³/mol. The van der Waals surface area contributed by atoms with E-state index in [0.717, 1.165) is 0 Å². The maximum Gasteiger partial charge on any atom is 0.295 e. The molecule has 0 saturated heterocycles. The molecule has 8 heteroatoms. The fourth-order valence-electron chi connectivity index (χ4n) is 1.61. The second-order valence-corrected chi connectivity index (χ2v) is 5.12. The van der Waals surface area contributed by atoms with E-state index in [4.69, 9.17) is 17.3 Å². The third-order valence-electron chi connectivity index (χ3n) is 2.75. The molecule has 2 aromatic rings. The van der Waals surface area contributed by atoms with Crippen molar-refractivity contribution in [3.63, 3.8) is 0 Å². The topological polar surface area (TPSA) is 114 Å². The Labute approximate surface area is 125 Å². The number of nitrogens with zero attached hydrogens (tertiary/aromatic N) is 2. The third-order valence-corrected chi connectivity index (χ3v) is 3.06. The van der Waals surface area contributed by atoms with Gasteiger partial charge in [0.15, 0.2) is 0 Å². The minimum absolute atomic E-state index is 0.0359. The van der Waals surface area contributed by atoms with E-state index in [-0.39, 0.29) is 22.3 Å². The van der Waals surface area contributed by atoms with Gasteiger partial charge in [0.25, 0.3) is 5.91 Å². The summed E-state index contributed by atoms with van der Waals surface area (Å²) in [6, 6.07) is 4.41. The van der Waals surface area contributed by atoms with Crippen LogP contribution in [0.3, 0.4) is 0 Å². The number of hydrogen-bond donors (Lipinski definition) is 3. The minimum Gasteiger partial charge on any atom is -0.366 e. The summed E-state index contributed by atoms with van der Waals surface area (Å²) in [7, 11) is 0. The zero-order chi connectivity index (χ0) is 15.6. The van der Waals surface area contributed by atoms with E-state index in [9.17, 15) is 9.59 Å². The van der Waals surface area contributed by atoms with Crippen molar-refractivity contribution in [1.29, 1.82) is 0 Å². The third kappa shape index (κ3) is 3.38. The summed E-state index contributed by atoms with van der Waals surface area (Å²) in [5.41, 5.74) is 5.76. The van der Waals surface area contributed by atoms with Gasteiger partial charge in [0.2, 0.25) is 11.7 Å². The van der Waals surface area contributed by atoms with E-state index in [1.807, 2.05) is 13.8 Å². The van der Waals surface area contributed by atoms with Gasteiger partial charge in [-0.3, -0.25) is 14.7 Å². The minimum atomic E-state index is -0.631. The molecule has 0 fully saturated rings. The zero-order valence-electron chi connectivity index (χ0n) is 11.5. The van der Waals surface area contributed by atoms with Gasteiger partial charge in [0.1, 0.15) is 5.82 Å². The fraction of sp³-hybridized carbons (Fsp3) is 0.231. The highest BCUT2D eigenvalue weighted by Crippen LogP contribution is 2.21. The molecule has 1 aromatic heterocycles. The molecule has 0 aliphatic rings. The Morgan fingerprint density at radius 1 is 1.38 bits per heavy atom. The normalized spacial score (nSPS) is 10.7. The Morgan fingerprint density at radius 3 is 2.62 bits per heavy atom. The summed E-state index contributed by atoms with van der Waals surface area (Å²) in [6.07, 6.45) is 0. The molecule has 0 aliphatic carbocycles. The van der Waals surface area contributed by atoms with E-state index in [0.29, 0.717) is 11.5 Å². The molecule has 0 radical (unpaired) electrons. The highest BCUT2D eigenvalue weighted by Gasteiger charge is 2.15. The smallest absolute Gasteiger partial charge is 0.295 e. The summed E-state index contributed by atoms with van der Waals surface area (Å²) < 4.78 is 0. The van der Waals surface area contributed by atoms with E-state index in [1.54, 1.807) is 0 Å². The van der Waals surface area contributed by atoms with Gasteiger partial charge in [0.05, 0.1) is 10.6 Å². The number of nitrogens with two attached hydrogens (primary N) is 1. The molecular weight excluding hydrogens is 294 g/mol. The lowest BCUT2D eigenvalue weighted by molar-refractivity contribution is 0.0997. The Morgan fingerprint density at radius 2 is 2.10 bits per heavy atom. The predicted octanol–water partition coefficient (Wildman–Crippen LogP) is 1.93.